The van der Waals surface area contributed by atoms with Gasteiger partial charge in [-0.3, -0.25) is 9.78 Å². The Morgan fingerprint density at radius 2 is 2.10 bits per heavy atom. The number of hydrogen-bond acceptors (Lipinski definition) is 2. The highest BCUT2D eigenvalue weighted by atomic mass is 35.5. The molecule has 0 aliphatic heterocycles. The third-order valence-corrected chi connectivity index (χ3v) is 3.46. The van der Waals surface area contributed by atoms with Gasteiger partial charge in [-0.2, -0.15) is 0 Å². The number of rotatable bonds is 5. The van der Waals surface area contributed by atoms with Gasteiger partial charge in [0, 0.05) is 23.8 Å². The van der Waals surface area contributed by atoms with Gasteiger partial charge in [0.1, 0.15) is 0 Å². The van der Waals surface area contributed by atoms with Crippen molar-refractivity contribution in [2.45, 2.75) is 25.8 Å². The highest BCUT2D eigenvalue weighted by Gasteiger charge is 2.12. The van der Waals surface area contributed by atoms with Crippen molar-refractivity contribution in [1.29, 1.82) is 0 Å². The van der Waals surface area contributed by atoms with Crippen molar-refractivity contribution in [3.63, 3.8) is 0 Å². The molecule has 0 aliphatic rings. The van der Waals surface area contributed by atoms with Gasteiger partial charge in [-0.05, 0) is 36.6 Å². The van der Waals surface area contributed by atoms with Gasteiger partial charge in [-0.25, -0.2) is 0 Å². The van der Waals surface area contributed by atoms with E-state index in [0.717, 1.165) is 11.1 Å². The molecule has 0 radical (unpaired) electrons. The van der Waals surface area contributed by atoms with Crippen LogP contribution in [0.25, 0.3) is 0 Å². The molecular weight excluding hydrogens is 272 g/mol. The predicted molar refractivity (Wildman–Crippen MR) is 80.6 cm³/mol. The molecule has 3 nitrogen and oxygen atoms in total. The molecule has 104 valence electrons. The van der Waals surface area contributed by atoms with E-state index in [-0.39, 0.29) is 11.9 Å². The van der Waals surface area contributed by atoms with Crippen LogP contribution in [0.1, 0.15) is 30.5 Å². The predicted octanol–water partition coefficient (Wildman–Crippen LogP) is 3.55. The third kappa shape index (κ3) is 4.07. The number of amides is 1. The van der Waals surface area contributed by atoms with E-state index in [4.69, 9.17) is 11.6 Å². The van der Waals surface area contributed by atoms with Gasteiger partial charge in [0.05, 0.1) is 6.04 Å². The Hall–Kier alpha value is -1.87. The molecule has 1 amide bonds. The van der Waals surface area contributed by atoms with E-state index < -0.39 is 0 Å². The molecule has 1 aromatic carbocycles. The van der Waals surface area contributed by atoms with Crippen molar-refractivity contribution in [2.24, 2.45) is 0 Å². The summed E-state index contributed by atoms with van der Waals surface area (Å²) in [6.45, 7) is 1.93. The zero-order valence-electron chi connectivity index (χ0n) is 11.3. The Kier molecular flexibility index (Phi) is 5.13. The van der Waals surface area contributed by atoms with Crippen LogP contribution in [0.2, 0.25) is 5.02 Å². The molecule has 0 bridgehead atoms. The standard InChI is InChI=1S/C16H17ClN2O/c1-12(14-6-2-3-7-15(14)17)19-16(20)9-8-13-5-4-10-18-11-13/h2-7,10-12H,8-9H2,1H3,(H,19,20). The molecule has 20 heavy (non-hydrogen) atoms. The van der Waals surface area contributed by atoms with Crippen LogP contribution in [-0.2, 0) is 11.2 Å². The van der Waals surface area contributed by atoms with Crippen molar-refractivity contribution in [1.82, 2.24) is 10.3 Å². The first-order valence-electron chi connectivity index (χ1n) is 6.59. The second kappa shape index (κ2) is 7.06. The van der Waals surface area contributed by atoms with Gasteiger partial charge in [-0.1, -0.05) is 35.9 Å². The lowest BCUT2D eigenvalue weighted by molar-refractivity contribution is -0.121. The highest BCUT2D eigenvalue weighted by molar-refractivity contribution is 6.31. The average Bonchev–Trinajstić information content (AvgIpc) is 2.46. The summed E-state index contributed by atoms with van der Waals surface area (Å²) in [5, 5.41) is 3.64. The van der Waals surface area contributed by atoms with E-state index in [0.29, 0.717) is 17.9 Å². The Bertz CT molecular complexity index is 572. The van der Waals surface area contributed by atoms with Gasteiger partial charge in [-0.15, -0.1) is 0 Å². The summed E-state index contributed by atoms with van der Waals surface area (Å²) >= 11 is 6.12. The van der Waals surface area contributed by atoms with Crippen LogP contribution in [0.5, 0.6) is 0 Å². The maximum atomic E-state index is 11.9. The van der Waals surface area contributed by atoms with Gasteiger partial charge >= 0.3 is 0 Å². The number of carbonyl (C=O) groups excluding carboxylic acids is 1. The SMILES string of the molecule is CC(NC(=O)CCc1cccnc1)c1ccccc1Cl. The minimum absolute atomic E-state index is 0.0151. The zero-order chi connectivity index (χ0) is 14.4. The first-order chi connectivity index (χ1) is 9.66. The van der Waals surface area contributed by atoms with Crippen molar-refractivity contribution < 1.29 is 4.79 Å². The van der Waals surface area contributed by atoms with Gasteiger partial charge in [0.15, 0.2) is 0 Å². The van der Waals surface area contributed by atoms with Crippen LogP contribution in [0, 0.1) is 0 Å². The number of carbonyl (C=O) groups is 1. The van der Waals surface area contributed by atoms with Crippen LogP contribution in [0.4, 0.5) is 0 Å². The Morgan fingerprint density at radius 3 is 2.80 bits per heavy atom. The van der Waals surface area contributed by atoms with Gasteiger partial charge in [0.2, 0.25) is 5.91 Å². The summed E-state index contributed by atoms with van der Waals surface area (Å²) in [6, 6.07) is 11.3. The zero-order valence-corrected chi connectivity index (χ0v) is 12.1. The average molecular weight is 289 g/mol. The first kappa shape index (κ1) is 14.5. The van der Waals surface area contributed by atoms with E-state index in [1.165, 1.54) is 0 Å². The topological polar surface area (TPSA) is 42.0 Å². The van der Waals surface area contributed by atoms with E-state index >= 15 is 0 Å². The third-order valence-electron chi connectivity index (χ3n) is 3.11. The molecule has 0 spiro atoms. The van der Waals surface area contributed by atoms with Crippen molar-refractivity contribution in [3.05, 3.63) is 64.9 Å². The number of hydrogen-bond donors (Lipinski definition) is 1. The Morgan fingerprint density at radius 1 is 1.30 bits per heavy atom. The van der Waals surface area contributed by atoms with Gasteiger partial charge in [0.25, 0.3) is 0 Å². The normalized spacial score (nSPS) is 11.9. The molecule has 2 rings (SSSR count). The maximum Gasteiger partial charge on any atom is 0.220 e. The largest absolute Gasteiger partial charge is 0.350 e. The maximum absolute atomic E-state index is 11.9. The Balaban J connectivity index is 1.87. The molecule has 0 fully saturated rings. The summed E-state index contributed by atoms with van der Waals surface area (Å²) < 4.78 is 0. The monoisotopic (exact) mass is 288 g/mol. The molecule has 2 aromatic rings. The first-order valence-corrected chi connectivity index (χ1v) is 6.97. The minimum Gasteiger partial charge on any atom is -0.350 e. The number of benzene rings is 1. The van der Waals surface area contributed by atoms with Crippen molar-refractivity contribution >= 4 is 17.5 Å². The van der Waals surface area contributed by atoms with Crippen LogP contribution < -0.4 is 5.32 Å². The van der Waals surface area contributed by atoms with E-state index in [9.17, 15) is 4.79 Å². The molecule has 1 heterocycles. The van der Waals surface area contributed by atoms with E-state index in [1.807, 2.05) is 43.3 Å². The summed E-state index contributed by atoms with van der Waals surface area (Å²) in [7, 11) is 0. The molecule has 1 unspecified atom stereocenters. The minimum atomic E-state index is -0.0925. The number of pyridine rings is 1. The number of aromatic nitrogens is 1. The molecule has 4 heteroatoms. The fourth-order valence-corrected chi connectivity index (χ4v) is 2.32. The van der Waals surface area contributed by atoms with E-state index in [2.05, 4.69) is 10.3 Å². The van der Waals surface area contributed by atoms with Crippen molar-refractivity contribution in [2.75, 3.05) is 0 Å². The van der Waals surface area contributed by atoms with Gasteiger partial charge < -0.3 is 5.32 Å². The van der Waals surface area contributed by atoms with Crippen LogP contribution in [-0.4, -0.2) is 10.9 Å². The fraction of sp³-hybridized carbons (Fsp3) is 0.250. The summed E-state index contributed by atoms with van der Waals surface area (Å²) in [5.41, 5.74) is 2.00. The smallest absolute Gasteiger partial charge is 0.220 e. The molecule has 0 aliphatic carbocycles. The molecule has 1 aromatic heterocycles. The quantitative estimate of drug-likeness (QED) is 0.914. The fourth-order valence-electron chi connectivity index (χ4n) is 2.02. The molecular formula is C16H17ClN2O. The molecule has 1 atom stereocenters. The second-order valence-electron chi connectivity index (χ2n) is 4.67. The van der Waals surface area contributed by atoms with Crippen LogP contribution in [0.15, 0.2) is 48.8 Å². The number of nitrogens with zero attached hydrogens (tertiary/aromatic N) is 1. The Labute approximate surface area is 124 Å². The summed E-state index contributed by atoms with van der Waals surface area (Å²) in [5.74, 6) is 0.0151. The summed E-state index contributed by atoms with van der Waals surface area (Å²) in [4.78, 5) is 16.0. The second-order valence-corrected chi connectivity index (χ2v) is 5.08. The lowest BCUT2D eigenvalue weighted by Gasteiger charge is -2.15. The van der Waals surface area contributed by atoms with Crippen LogP contribution in [0.3, 0.4) is 0 Å². The number of halogens is 1. The summed E-state index contributed by atoms with van der Waals surface area (Å²) in [6.07, 6.45) is 4.64. The lowest BCUT2D eigenvalue weighted by atomic mass is 10.1. The van der Waals surface area contributed by atoms with Crippen LogP contribution >= 0.6 is 11.6 Å². The lowest BCUT2D eigenvalue weighted by Crippen LogP contribution is -2.27. The highest BCUT2D eigenvalue weighted by Crippen LogP contribution is 2.22. The molecule has 0 saturated heterocycles. The van der Waals surface area contributed by atoms with E-state index in [1.54, 1.807) is 12.4 Å². The molecule has 1 N–H and O–H groups in total. The van der Waals surface area contributed by atoms with Crippen molar-refractivity contribution in [3.8, 4) is 0 Å². The number of aryl methyl sites for hydroxylation is 1. The molecule has 0 saturated carbocycles. The number of nitrogens with one attached hydrogen (secondary N) is 1.